The second-order valence-electron chi connectivity index (χ2n) is 6.19. The normalized spacial score (nSPS) is 12.0. The first-order valence-corrected chi connectivity index (χ1v) is 10.6. The Morgan fingerprint density at radius 2 is 2.00 bits per heavy atom. The zero-order valence-corrected chi connectivity index (χ0v) is 16.8. The lowest BCUT2D eigenvalue weighted by Crippen LogP contribution is -2.18. The van der Waals surface area contributed by atoms with Gasteiger partial charge in [-0.1, -0.05) is 30.8 Å². The third-order valence-electron chi connectivity index (χ3n) is 4.32. The van der Waals surface area contributed by atoms with Crippen LogP contribution in [0.1, 0.15) is 18.3 Å². The lowest BCUT2D eigenvalue weighted by molar-refractivity contribution is -0.137. The van der Waals surface area contributed by atoms with E-state index in [2.05, 4.69) is 15.5 Å². The van der Waals surface area contributed by atoms with Crippen LogP contribution in [0.3, 0.4) is 0 Å². The molecule has 0 saturated carbocycles. The van der Waals surface area contributed by atoms with Crippen LogP contribution >= 0.6 is 23.1 Å². The Labute approximate surface area is 171 Å². The van der Waals surface area contributed by atoms with Crippen molar-refractivity contribution in [3.8, 4) is 0 Å². The molecule has 0 fully saturated rings. The van der Waals surface area contributed by atoms with Crippen LogP contribution in [0.15, 0.2) is 46.8 Å². The molecule has 0 aliphatic rings. The van der Waals surface area contributed by atoms with E-state index < -0.39 is 17.6 Å². The monoisotopic (exact) mass is 436 g/mol. The van der Waals surface area contributed by atoms with Gasteiger partial charge in [0.2, 0.25) is 5.91 Å². The summed E-state index contributed by atoms with van der Waals surface area (Å²) in [6.07, 6.45) is -3.84. The minimum atomic E-state index is -4.54. The van der Waals surface area contributed by atoms with Crippen molar-refractivity contribution in [1.82, 2.24) is 14.6 Å². The van der Waals surface area contributed by atoms with E-state index in [0.717, 1.165) is 39.4 Å². The van der Waals surface area contributed by atoms with Crippen LogP contribution in [0.2, 0.25) is 0 Å². The largest absolute Gasteiger partial charge is 0.418 e. The van der Waals surface area contributed by atoms with Gasteiger partial charge >= 0.3 is 6.18 Å². The van der Waals surface area contributed by atoms with Crippen LogP contribution < -0.4 is 5.32 Å². The molecule has 0 spiro atoms. The molecule has 0 aliphatic carbocycles. The van der Waals surface area contributed by atoms with Crippen molar-refractivity contribution in [2.45, 2.75) is 24.5 Å². The maximum absolute atomic E-state index is 13.1. The highest BCUT2D eigenvalue weighted by Crippen LogP contribution is 2.35. The van der Waals surface area contributed by atoms with E-state index in [1.807, 2.05) is 28.8 Å². The molecule has 0 radical (unpaired) electrons. The maximum Gasteiger partial charge on any atom is 0.418 e. The maximum atomic E-state index is 13.1. The summed E-state index contributed by atoms with van der Waals surface area (Å²) >= 11 is 2.74. The molecular weight excluding hydrogens is 421 g/mol. The summed E-state index contributed by atoms with van der Waals surface area (Å²) in [7, 11) is 0. The quantitative estimate of drug-likeness (QED) is 0.434. The van der Waals surface area contributed by atoms with Gasteiger partial charge in [-0.3, -0.25) is 9.20 Å². The Bertz CT molecular complexity index is 1200. The number of carbonyl (C=O) groups excluding carboxylic acids is 1. The predicted molar refractivity (Wildman–Crippen MR) is 109 cm³/mol. The van der Waals surface area contributed by atoms with Crippen LogP contribution in [0.4, 0.5) is 18.9 Å². The summed E-state index contributed by atoms with van der Waals surface area (Å²) < 4.78 is 42.4. The number of nitrogens with one attached hydrogen (secondary N) is 1. The molecule has 29 heavy (non-hydrogen) atoms. The van der Waals surface area contributed by atoms with Gasteiger partial charge < -0.3 is 5.32 Å². The van der Waals surface area contributed by atoms with E-state index in [-0.39, 0.29) is 11.4 Å². The molecule has 3 aromatic heterocycles. The number of rotatable bonds is 5. The Hall–Kier alpha value is -2.59. The number of carbonyl (C=O) groups is 1. The first-order valence-electron chi connectivity index (χ1n) is 8.71. The minimum Gasteiger partial charge on any atom is -0.325 e. The SMILES string of the molecule is CCc1nnc(SCC(=O)Nc2ccccc2C(F)(F)F)c2cc3sccc3n12. The van der Waals surface area contributed by atoms with Gasteiger partial charge in [-0.05, 0) is 29.6 Å². The molecule has 3 heterocycles. The number of thioether (sulfide) groups is 1. The van der Waals surface area contributed by atoms with Crippen molar-refractivity contribution in [2.24, 2.45) is 0 Å². The number of benzene rings is 1. The van der Waals surface area contributed by atoms with Gasteiger partial charge in [0, 0.05) is 6.42 Å². The topological polar surface area (TPSA) is 59.3 Å². The number of halogens is 3. The average molecular weight is 436 g/mol. The molecule has 0 aliphatic heterocycles. The molecule has 10 heteroatoms. The molecule has 1 N–H and O–H groups in total. The van der Waals surface area contributed by atoms with E-state index in [1.54, 1.807) is 11.3 Å². The van der Waals surface area contributed by atoms with Gasteiger partial charge in [0.25, 0.3) is 0 Å². The highest BCUT2D eigenvalue weighted by Gasteiger charge is 2.33. The number of hydrogen-bond acceptors (Lipinski definition) is 5. The number of amides is 1. The van der Waals surface area contributed by atoms with E-state index in [9.17, 15) is 18.0 Å². The molecule has 0 atom stereocenters. The van der Waals surface area contributed by atoms with Crippen LogP contribution in [-0.4, -0.2) is 26.3 Å². The summed E-state index contributed by atoms with van der Waals surface area (Å²) in [6, 6.07) is 8.90. The molecule has 1 aromatic carbocycles. The number of aromatic nitrogens is 3. The van der Waals surface area contributed by atoms with Gasteiger partial charge in [0.15, 0.2) is 0 Å². The predicted octanol–water partition coefficient (Wildman–Crippen LogP) is 5.26. The van der Waals surface area contributed by atoms with Gasteiger partial charge in [-0.25, -0.2) is 0 Å². The van der Waals surface area contributed by atoms with Crippen molar-refractivity contribution in [3.63, 3.8) is 0 Å². The van der Waals surface area contributed by atoms with Crippen molar-refractivity contribution in [2.75, 3.05) is 11.1 Å². The van der Waals surface area contributed by atoms with Crippen LogP contribution in [-0.2, 0) is 17.4 Å². The first kappa shape index (κ1) is 19.7. The number of fused-ring (bicyclic) bond motifs is 3. The Morgan fingerprint density at radius 1 is 1.21 bits per heavy atom. The molecule has 4 aromatic rings. The number of alkyl halides is 3. The van der Waals surface area contributed by atoms with Crippen molar-refractivity contribution in [3.05, 3.63) is 53.2 Å². The second kappa shape index (κ2) is 7.68. The number of para-hydroxylation sites is 1. The number of thiophene rings is 1. The van der Waals surface area contributed by atoms with Gasteiger partial charge in [0.1, 0.15) is 10.9 Å². The molecule has 5 nitrogen and oxygen atoms in total. The summed E-state index contributed by atoms with van der Waals surface area (Å²) in [6.45, 7) is 1.99. The van der Waals surface area contributed by atoms with Crippen molar-refractivity contribution in [1.29, 1.82) is 0 Å². The summed E-state index contributed by atoms with van der Waals surface area (Å²) in [4.78, 5) is 12.3. The molecule has 0 unspecified atom stereocenters. The number of anilines is 1. The van der Waals surface area contributed by atoms with Crippen LogP contribution in [0, 0.1) is 0 Å². The van der Waals surface area contributed by atoms with E-state index in [4.69, 9.17) is 0 Å². The van der Waals surface area contributed by atoms with Gasteiger partial charge in [-0.2, -0.15) is 13.2 Å². The Balaban J connectivity index is 1.56. The summed E-state index contributed by atoms with van der Waals surface area (Å²) in [5.41, 5.74) is 0.736. The van der Waals surface area contributed by atoms with Crippen LogP contribution in [0.25, 0.3) is 15.7 Å². The molecular formula is C19H15F3N4OS2. The third kappa shape index (κ3) is 3.82. The van der Waals surface area contributed by atoms with Gasteiger partial charge in [-0.15, -0.1) is 21.5 Å². The standard InChI is InChI=1S/C19H15F3N4OS2/c1-2-16-24-25-18(14-9-15-13(26(14)16)7-8-28-15)29-10-17(27)23-12-6-4-3-5-11(12)19(20,21)22/h3-9H,2,10H2,1H3,(H,23,27). The fraction of sp³-hybridized carbons (Fsp3) is 0.211. The van der Waals surface area contributed by atoms with E-state index >= 15 is 0 Å². The fourth-order valence-corrected chi connectivity index (χ4v) is 4.59. The second-order valence-corrected chi connectivity index (χ2v) is 8.10. The Kier molecular flexibility index (Phi) is 5.22. The molecule has 0 saturated heterocycles. The van der Waals surface area contributed by atoms with E-state index in [1.165, 1.54) is 18.2 Å². The fourth-order valence-electron chi connectivity index (χ4n) is 3.05. The van der Waals surface area contributed by atoms with Gasteiger partial charge in [0.05, 0.1) is 32.7 Å². The summed E-state index contributed by atoms with van der Waals surface area (Å²) in [5, 5.41) is 13.4. The zero-order valence-electron chi connectivity index (χ0n) is 15.2. The molecule has 1 amide bonds. The highest BCUT2D eigenvalue weighted by molar-refractivity contribution is 8.00. The minimum absolute atomic E-state index is 0.0825. The first-order chi connectivity index (χ1) is 13.9. The molecule has 0 bridgehead atoms. The number of aryl methyl sites for hydroxylation is 1. The number of hydrogen-bond donors (Lipinski definition) is 1. The van der Waals surface area contributed by atoms with Crippen LogP contribution in [0.5, 0.6) is 0 Å². The zero-order chi connectivity index (χ0) is 20.6. The summed E-state index contributed by atoms with van der Waals surface area (Å²) in [5.74, 6) is 0.182. The lowest BCUT2D eigenvalue weighted by Gasteiger charge is -2.13. The third-order valence-corrected chi connectivity index (χ3v) is 6.14. The Morgan fingerprint density at radius 3 is 2.76 bits per heavy atom. The average Bonchev–Trinajstić information content (AvgIpc) is 3.27. The molecule has 4 rings (SSSR count). The number of nitrogens with zero attached hydrogens (tertiary/aromatic N) is 3. The van der Waals surface area contributed by atoms with Crippen molar-refractivity contribution >= 4 is 50.4 Å². The lowest BCUT2D eigenvalue weighted by atomic mass is 10.1. The van der Waals surface area contributed by atoms with Crippen molar-refractivity contribution < 1.29 is 18.0 Å². The molecule has 150 valence electrons. The highest BCUT2D eigenvalue weighted by atomic mass is 32.2. The van der Waals surface area contributed by atoms with E-state index in [0.29, 0.717) is 11.4 Å². The smallest absolute Gasteiger partial charge is 0.325 e.